The summed E-state index contributed by atoms with van der Waals surface area (Å²) in [7, 11) is 0. The second-order valence-electron chi connectivity index (χ2n) is 8.82. The molecule has 0 aliphatic rings. The van der Waals surface area contributed by atoms with E-state index in [1.165, 1.54) is 24.8 Å². The van der Waals surface area contributed by atoms with E-state index in [0.717, 1.165) is 24.4 Å². The van der Waals surface area contributed by atoms with Crippen LogP contribution >= 0.6 is 0 Å². The first-order valence-corrected chi connectivity index (χ1v) is 9.32. The fourth-order valence-electron chi connectivity index (χ4n) is 2.50. The summed E-state index contributed by atoms with van der Waals surface area (Å²) in [6.07, 6.45) is 5.05. The minimum absolute atomic E-state index is 0.0212. The number of aromatic nitrogens is 1. The topological polar surface area (TPSA) is 42.0 Å². The molecular formula is C21H36N2O. The lowest BCUT2D eigenvalue weighted by atomic mass is 9.83. The van der Waals surface area contributed by atoms with Gasteiger partial charge in [-0.3, -0.25) is 9.78 Å². The van der Waals surface area contributed by atoms with E-state index in [2.05, 4.69) is 65.9 Å². The second-order valence-corrected chi connectivity index (χ2v) is 8.82. The van der Waals surface area contributed by atoms with Gasteiger partial charge in [-0.1, -0.05) is 67.7 Å². The van der Waals surface area contributed by atoms with Gasteiger partial charge in [-0.05, 0) is 29.5 Å². The van der Waals surface area contributed by atoms with Gasteiger partial charge in [-0.2, -0.15) is 0 Å². The maximum atomic E-state index is 12.2. The van der Waals surface area contributed by atoms with Gasteiger partial charge in [0.1, 0.15) is 0 Å². The molecule has 1 rings (SSSR count). The van der Waals surface area contributed by atoms with E-state index < -0.39 is 0 Å². The van der Waals surface area contributed by atoms with Crippen molar-refractivity contribution in [3.63, 3.8) is 0 Å². The molecule has 0 fully saturated rings. The van der Waals surface area contributed by atoms with Gasteiger partial charge in [0.15, 0.2) is 0 Å². The molecule has 3 heteroatoms. The van der Waals surface area contributed by atoms with Gasteiger partial charge < -0.3 is 5.32 Å². The Bertz CT molecular complexity index is 504. The van der Waals surface area contributed by atoms with E-state index in [0.29, 0.717) is 6.42 Å². The van der Waals surface area contributed by atoms with Crippen LogP contribution < -0.4 is 5.32 Å². The highest BCUT2D eigenvalue weighted by Crippen LogP contribution is 2.28. The SMILES string of the molecule is CCCCCCNC(=O)Cc1cc(C(C)(C)C)cc(C(C)(C)C)n1. The molecule has 0 spiro atoms. The van der Waals surface area contributed by atoms with E-state index in [1.54, 1.807) is 0 Å². The molecule has 0 unspecified atom stereocenters. The van der Waals surface area contributed by atoms with Crippen LogP contribution in [-0.4, -0.2) is 17.4 Å². The molecule has 0 aromatic carbocycles. The van der Waals surface area contributed by atoms with Gasteiger partial charge in [0.05, 0.1) is 12.1 Å². The first-order chi connectivity index (χ1) is 11.0. The monoisotopic (exact) mass is 332 g/mol. The second kappa shape index (κ2) is 8.64. The molecule has 1 aromatic heterocycles. The summed E-state index contributed by atoms with van der Waals surface area (Å²) in [6.45, 7) is 16.1. The molecule has 0 bridgehead atoms. The Kier molecular flexibility index (Phi) is 7.44. The molecule has 0 radical (unpaired) electrons. The minimum Gasteiger partial charge on any atom is -0.356 e. The Morgan fingerprint density at radius 1 is 1.00 bits per heavy atom. The maximum absolute atomic E-state index is 12.2. The number of rotatable bonds is 7. The summed E-state index contributed by atoms with van der Waals surface area (Å²) in [4.78, 5) is 17.0. The molecule has 1 N–H and O–H groups in total. The summed E-state index contributed by atoms with van der Waals surface area (Å²) in [5, 5.41) is 3.03. The third-order valence-corrected chi connectivity index (χ3v) is 4.21. The number of nitrogens with one attached hydrogen (secondary N) is 1. The van der Waals surface area contributed by atoms with Crippen LogP contribution in [0, 0.1) is 0 Å². The van der Waals surface area contributed by atoms with E-state index in [1.807, 2.05) is 0 Å². The van der Waals surface area contributed by atoms with Crippen molar-refractivity contribution >= 4 is 5.91 Å². The Hall–Kier alpha value is -1.38. The molecular weight excluding hydrogens is 296 g/mol. The van der Waals surface area contributed by atoms with E-state index in [4.69, 9.17) is 4.98 Å². The van der Waals surface area contributed by atoms with Gasteiger partial charge in [0.2, 0.25) is 5.91 Å². The van der Waals surface area contributed by atoms with Crippen LogP contribution in [0.4, 0.5) is 0 Å². The summed E-state index contributed by atoms with van der Waals surface area (Å²) >= 11 is 0. The zero-order chi connectivity index (χ0) is 18.4. The molecule has 24 heavy (non-hydrogen) atoms. The standard InChI is InChI=1S/C21H36N2O/c1-8-9-10-11-12-22-19(24)15-17-13-16(20(2,3)4)14-18(23-17)21(5,6)7/h13-14H,8-12,15H2,1-7H3,(H,22,24). The van der Waals surface area contributed by atoms with Crippen LogP contribution in [0.25, 0.3) is 0 Å². The van der Waals surface area contributed by atoms with Crippen molar-refractivity contribution in [3.05, 3.63) is 29.1 Å². The summed E-state index contributed by atoms with van der Waals surface area (Å²) in [5.41, 5.74) is 3.20. The average Bonchev–Trinajstić information content (AvgIpc) is 2.45. The number of carbonyl (C=O) groups is 1. The quantitative estimate of drug-likeness (QED) is 0.720. The number of nitrogens with zero attached hydrogens (tertiary/aromatic N) is 1. The van der Waals surface area contributed by atoms with Crippen molar-refractivity contribution in [2.75, 3.05) is 6.54 Å². The zero-order valence-electron chi connectivity index (χ0n) is 16.8. The van der Waals surface area contributed by atoms with Gasteiger partial charge in [-0.15, -0.1) is 0 Å². The number of carbonyl (C=O) groups excluding carboxylic acids is 1. The van der Waals surface area contributed by atoms with Gasteiger partial charge in [0.25, 0.3) is 0 Å². The van der Waals surface area contributed by atoms with E-state index in [-0.39, 0.29) is 16.7 Å². The number of amides is 1. The van der Waals surface area contributed by atoms with E-state index >= 15 is 0 Å². The van der Waals surface area contributed by atoms with Gasteiger partial charge in [-0.25, -0.2) is 0 Å². The lowest BCUT2D eigenvalue weighted by Gasteiger charge is -2.25. The maximum Gasteiger partial charge on any atom is 0.226 e. The molecule has 1 amide bonds. The van der Waals surface area contributed by atoms with Crippen LogP contribution in [-0.2, 0) is 22.0 Å². The minimum atomic E-state index is -0.0212. The number of pyridine rings is 1. The Morgan fingerprint density at radius 2 is 1.67 bits per heavy atom. The van der Waals surface area contributed by atoms with Crippen molar-refractivity contribution in [2.24, 2.45) is 0 Å². The van der Waals surface area contributed by atoms with Crippen LogP contribution in [0.5, 0.6) is 0 Å². The first-order valence-electron chi connectivity index (χ1n) is 9.32. The predicted molar refractivity (Wildman–Crippen MR) is 102 cm³/mol. The number of hydrogen-bond donors (Lipinski definition) is 1. The highest BCUT2D eigenvalue weighted by atomic mass is 16.1. The average molecular weight is 333 g/mol. The Morgan fingerprint density at radius 3 is 2.21 bits per heavy atom. The zero-order valence-corrected chi connectivity index (χ0v) is 16.8. The lowest BCUT2D eigenvalue weighted by molar-refractivity contribution is -0.120. The molecule has 0 aliphatic heterocycles. The summed E-state index contributed by atoms with van der Waals surface area (Å²) < 4.78 is 0. The lowest BCUT2D eigenvalue weighted by Crippen LogP contribution is -2.27. The van der Waals surface area contributed by atoms with Gasteiger partial charge in [0, 0.05) is 17.7 Å². The molecule has 0 saturated heterocycles. The number of hydrogen-bond acceptors (Lipinski definition) is 2. The summed E-state index contributed by atoms with van der Waals surface area (Å²) in [5.74, 6) is 0.0740. The molecule has 0 atom stereocenters. The normalized spacial score (nSPS) is 12.3. The number of unbranched alkanes of at least 4 members (excludes halogenated alkanes) is 3. The van der Waals surface area contributed by atoms with Crippen LogP contribution in [0.1, 0.15) is 91.1 Å². The molecule has 0 saturated carbocycles. The summed E-state index contributed by atoms with van der Waals surface area (Å²) in [6, 6.07) is 4.28. The fourth-order valence-corrected chi connectivity index (χ4v) is 2.50. The largest absolute Gasteiger partial charge is 0.356 e. The highest BCUT2D eigenvalue weighted by Gasteiger charge is 2.22. The Balaban J connectivity index is 2.81. The third kappa shape index (κ3) is 7.02. The third-order valence-electron chi connectivity index (χ3n) is 4.21. The Labute approximate surface area is 148 Å². The molecule has 3 nitrogen and oxygen atoms in total. The van der Waals surface area contributed by atoms with Crippen LogP contribution in [0.2, 0.25) is 0 Å². The molecule has 0 aliphatic carbocycles. The molecule has 136 valence electrons. The van der Waals surface area contributed by atoms with Crippen molar-refractivity contribution in [2.45, 2.75) is 91.4 Å². The predicted octanol–water partition coefficient (Wildman–Crippen LogP) is 4.92. The van der Waals surface area contributed by atoms with Crippen molar-refractivity contribution in [1.82, 2.24) is 10.3 Å². The van der Waals surface area contributed by atoms with Crippen LogP contribution in [0.3, 0.4) is 0 Å². The van der Waals surface area contributed by atoms with E-state index in [9.17, 15) is 4.79 Å². The fraction of sp³-hybridized carbons (Fsp3) is 0.714. The smallest absolute Gasteiger partial charge is 0.226 e. The van der Waals surface area contributed by atoms with Gasteiger partial charge >= 0.3 is 0 Å². The van der Waals surface area contributed by atoms with Crippen LogP contribution in [0.15, 0.2) is 12.1 Å². The van der Waals surface area contributed by atoms with Crippen molar-refractivity contribution < 1.29 is 4.79 Å². The van der Waals surface area contributed by atoms with Crippen molar-refractivity contribution in [3.8, 4) is 0 Å². The highest BCUT2D eigenvalue weighted by molar-refractivity contribution is 5.78. The van der Waals surface area contributed by atoms with Crippen molar-refractivity contribution in [1.29, 1.82) is 0 Å². The first kappa shape index (κ1) is 20.7. The molecule has 1 heterocycles. The molecule has 1 aromatic rings.